The monoisotopic (exact) mass is 852 g/mol. The van der Waals surface area contributed by atoms with Crippen molar-refractivity contribution in [1.82, 2.24) is 0 Å². The van der Waals surface area contributed by atoms with Crippen molar-refractivity contribution in [3.05, 3.63) is 192 Å². The molecule has 66 heavy (non-hydrogen) atoms. The van der Waals surface area contributed by atoms with Crippen molar-refractivity contribution in [2.24, 2.45) is 0 Å². The van der Waals surface area contributed by atoms with Crippen molar-refractivity contribution >= 4 is 122 Å². The Morgan fingerprint density at radius 3 is 1.11 bits per heavy atom. The Labute approximate surface area is 378 Å². The number of furan rings is 4. The van der Waals surface area contributed by atoms with Crippen LogP contribution in [0.4, 0.5) is 34.5 Å². The molecule has 0 spiro atoms. The number of hydrogen-bond donors (Lipinski definition) is 0. The first kappa shape index (κ1) is 36.2. The Hall–Kier alpha value is -8.22. The van der Waals surface area contributed by atoms with Gasteiger partial charge in [0.2, 0.25) is 11.8 Å². The summed E-state index contributed by atoms with van der Waals surface area (Å²) >= 11 is 0. The van der Waals surface area contributed by atoms with Crippen LogP contribution in [0.1, 0.15) is 49.9 Å². The lowest BCUT2D eigenvalue weighted by Gasteiger charge is -2.41. The van der Waals surface area contributed by atoms with Crippen molar-refractivity contribution in [1.29, 1.82) is 0 Å². The smallest absolute Gasteiger partial charge is 0.205 e. The second kappa shape index (κ2) is 12.3. The highest BCUT2D eigenvalue weighted by Gasteiger charge is 2.43. The van der Waals surface area contributed by atoms with Gasteiger partial charge < -0.3 is 17.7 Å². The van der Waals surface area contributed by atoms with Gasteiger partial charge in [-0.05, 0) is 105 Å². The van der Waals surface area contributed by atoms with E-state index in [1.807, 2.05) is 24.3 Å². The van der Waals surface area contributed by atoms with Gasteiger partial charge in [-0.15, -0.1) is 0 Å². The molecule has 0 saturated carbocycles. The summed E-state index contributed by atoms with van der Waals surface area (Å²) in [6.45, 7) is 9.29. The average Bonchev–Trinajstić information content (AvgIpc) is 4.12. The zero-order valence-corrected chi connectivity index (χ0v) is 36.7. The largest absolute Gasteiger partial charge is 0.456 e. The maximum Gasteiger partial charge on any atom is 0.205 e. The fourth-order valence-corrected chi connectivity index (χ4v) is 11.7. The van der Waals surface area contributed by atoms with E-state index in [1.165, 1.54) is 32.7 Å². The van der Waals surface area contributed by atoms with Crippen LogP contribution in [0.25, 0.3) is 87.4 Å². The molecule has 314 valence electrons. The van der Waals surface area contributed by atoms with Crippen LogP contribution >= 0.6 is 0 Å². The highest BCUT2D eigenvalue weighted by atomic mass is 16.4. The second-order valence-corrected chi connectivity index (χ2v) is 19.3. The van der Waals surface area contributed by atoms with Crippen molar-refractivity contribution < 1.29 is 17.7 Å². The van der Waals surface area contributed by atoms with Crippen molar-refractivity contribution in [2.75, 3.05) is 9.80 Å². The van der Waals surface area contributed by atoms with Crippen LogP contribution in [0.2, 0.25) is 0 Å². The third kappa shape index (κ3) is 4.65. The minimum absolute atomic E-state index is 0.422. The number of rotatable bonds is 2. The van der Waals surface area contributed by atoms with Crippen LogP contribution < -0.4 is 9.80 Å². The van der Waals surface area contributed by atoms with E-state index in [4.69, 9.17) is 17.7 Å². The summed E-state index contributed by atoms with van der Waals surface area (Å²) in [6, 6.07) is 60.5. The Morgan fingerprint density at radius 1 is 0.318 bits per heavy atom. The molecule has 6 heterocycles. The molecule has 0 bridgehead atoms. The van der Waals surface area contributed by atoms with Crippen LogP contribution in [-0.2, 0) is 10.8 Å². The minimum atomic E-state index is -0.422. The van der Waals surface area contributed by atoms with Crippen LogP contribution in [0.5, 0.6) is 0 Å². The van der Waals surface area contributed by atoms with Gasteiger partial charge in [0.15, 0.2) is 0 Å². The molecule has 15 rings (SSSR count). The number of benzene rings is 9. The molecule has 0 fully saturated rings. The number of fused-ring (bicyclic) bond motifs is 16. The van der Waals surface area contributed by atoms with Gasteiger partial charge in [-0.3, -0.25) is 9.80 Å². The molecular weight excluding hydrogens is 813 g/mol. The molecule has 0 N–H and O–H groups in total. The molecule has 9 aromatic carbocycles. The summed E-state index contributed by atoms with van der Waals surface area (Å²) in [5.41, 5.74) is 13.2. The Morgan fingerprint density at radius 2 is 0.697 bits per heavy atom. The summed E-state index contributed by atoms with van der Waals surface area (Å²) in [5.74, 6) is 1.54. The SMILES string of the molecule is CC1(C)c2cc3ccccc3cc2N(c2cc3ccccc3o2)c2ccc3c(oc4cc5c(cc43)oc3c4c(ccc35)N(c3cc5ccccc5o3)c3cc5ccccc5cc3C4(C)C)c21. The Balaban J connectivity index is 0.958. The van der Waals surface area contributed by atoms with Gasteiger partial charge >= 0.3 is 0 Å². The highest BCUT2D eigenvalue weighted by molar-refractivity contribution is 6.18. The van der Waals surface area contributed by atoms with E-state index in [9.17, 15) is 0 Å². The maximum absolute atomic E-state index is 7.18. The van der Waals surface area contributed by atoms with Gasteiger partial charge in [0.05, 0.1) is 22.7 Å². The fraction of sp³-hybridized carbons (Fsp3) is 0.100. The van der Waals surface area contributed by atoms with Crippen molar-refractivity contribution in [3.63, 3.8) is 0 Å². The zero-order chi connectivity index (χ0) is 43.8. The zero-order valence-electron chi connectivity index (χ0n) is 36.7. The quantitative estimate of drug-likeness (QED) is 0.173. The van der Waals surface area contributed by atoms with E-state index in [2.05, 4.69) is 183 Å². The van der Waals surface area contributed by atoms with Crippen molar-refractivity contribution in [2.45, 2.75) is 38.5 Å². The van der Waals surface area contributed by atoms with Crippen LogP contribution in [0.3, 0.4) is 0 Å². The molecule has 2 aliphatic rings. The average molecular weight is 853 g/mol. The van der Waals surface area contributed by atoms with Gasteiger partial charge in [-0.2, -0.15) is 0 Å². The molecule has 0 atom stereocenters. The van der Waals surface area contributed by atoms with Gasteiger partial charge in [0.25, 0.3) is 0 Å². The minimum Gasteiger partial charge on any atom is -0.456 e. The second-order valence-electron chi connectivity index (χ2n) is 19.3. The van der Waals surface area contributed by atoms with Gasteiger partial charge in [0, 0.05) is 66.4 Å². The summed E-state index contributed by atoms with van der Waals surface area (Å²) in [6.07, 6.45) is 0. The van der Waals surface area contributed by atoms with Crippen LogP contribution in [0, 0.1) is 0 Å². The van der Waals surface area contributed by atoms with E-state index in [0.29, 0.717) is 0 Å². The molecule has 0 unspecified atom stereocenters. The predicted octanol–water partition coefficient (Wildman–Crippen LogP) is 17.5. The predicted molar refractivity (Wildman–Crippen MR) is 269 cm³/mol. The summed E-state index contributed by atoms with van der Waals surface area (Å²) < 4.78 is 27.7. The molecule has 0 radical (unpaired) electrons. The molecular formula is C60H40N2O4. The number of anilines is 6. The van der Waals surface area contributed by atoms with E-state index in [0.717, 1.165) is 111 Å². The van der Waals surface area contributed by atoms with Gasteiger partial charge in [-0.1, -0.05) is 113 Å². The molecule has 2 aliphatic heterocycles. The lowest BCUT2D eigenvalue weighted by molar-refractivity contribution is 0.586. The van der Waals surface area contributed by atoms with Crippen LogP contribution in [-0.4, -0.2) is 0 Å². The first-order valence-electron chi connectivity index (χ1n) is 22.7. The number of para-hydroxylation sites is 2. The Bertz CT molecular complexity index is 3930. The molecule has 0 saturated heterocycles. The fourth-order valence-electron chi connectivity index (χ4n) is 11.7. The standard InChI is InChI=1S/C60H40N2O4/c1-59(2)43-25-33-13-5-7-15-35(33)27-47(43)61(53-29-37-17-9-11-19-49(37)63-53)45-23-21-39-41-31-52-42(32-51(41)65-57(39)55(45)59)40-22-24-46-56(58(40)66-52)60(3,4)44-26-34-14-6-8-16-36(34)28-48(44)62(46)54-30-38-18-10-12-20-50(38)64-54/h5-32H,1-4H3. The van der Waals surface area contributed by atoms with Crippen molar-refractivity contribution in [3.8, 4) is 0 Å². The molecule has 0 amide bonds. The Kier molecular flexibility index (Phi) is 6.75. The highest BCUT2D eigenvalue weighted by Crippen LogP contribution is 2.59. The first-order chi connectivity index (χ1) is 32.2. The summed E-state index contributed by atoms with van der Waals surface area (Å²) in [4.78, 5) is 4.57. The normalized spacial score (nSPS) is 15.2. The van der Waals surface area contributed by atoms with E-state index in [-0.39, 0.29) is 0 Å². The molecule has 0 aliphatic carbocycles. The van der Waals surface area contributed by atoms with Crippen LogP contribution in [0.15, 0.2) is 188 Å². The first-order valence-corrected chi connectivity index (χ1v) is 22.7. The third-order valence-electron chi connectivity index (χ3n) is 14.9. The maximum atomic E-state index is 7.18. The molecule has 6 heteroatoms. The number of hydrogen-bond acceptors (Lipinski definition) is 6. The topological polar surface area (TPSA) is 59.0 Å². The lowest BCUT2D eigenvalue weighted by atomic mass is 9.72. The molecule has 6 nitrogen and oxygen atoms in total. The summed E-state index contributed by atoms with van der Waals surface area (Å²) in [5, 5.41) is 11.0. The van der Waals surface area contributed by atoms with Gasteiger partial charge in [-0.25, -0.2) is 0 Å². The lowest BCUT2D eigenvalue weighted by Crippen LogP contribution is -2.30. The van der Waals surface area contributed by atoms with E-state index < -0.39 is 10.8 Å². The third-order valence-corrected chi connectivity index (χ3v) is 14.9. The van der Waals surface area contributed by atoms with E-state index >= 15 is 0 Å². The molecule has 4 aromatic heterocycles. The number of nitrogens with zero attached hydrogens (tertiary/aromatic N) is 2. The van der Waals surface area contributed by atoms with E-state index in [1.54, 1.807) is 0 Å². The summed E-state index contributed by atoms with van der Waals surface area (Å²) in [7, 11) is 0. The van der Waals surface area contributed by atoms with Gasteiger partial charge in [0.1, 0.15) is 33.5 Å². The molecule has 13 aromatic rings.